The predicted molar refractivity (Wildman–Crippen MR) is 39.7 cm³/mol. The van der Waals surface area contributed by atoms with Crippen molar-refractivity contribution in [3.05, 3.63) is 41.0 Å². The molecule has 1 heterocycles. The van der Waals surface area contributed by atoms with Crippen molar-refractivity contribution < 1.29 is 4.73 Å². The van der Waals surface area contributed by atoms with E-state index in [2.05, 4.69) is 0 Å². The lowest BCUT2D eigenvalue weighted by atomic mass is 10.3. The topological polar surface area (TPSA) is 54.9 Å². The molecule has 2 rings (SSSR count). The van der Waals surface area contributed by atoms with Crippen LogP contribution in [0.25, 0.3) is 11.0 Å². The van der Waals surface area contributed by atoms with Crippen molar-refractivity contribution in [2.45, 2.75) is 0 Å². The number of rotatable bonds is 0. The molecule has 0 saturated carbocycles. The average Bonchev–Trinajstić information content (AvgIpc) is 2.30. The standard InChI is InChI=1S/C7H5N2O2/c10-8-5-9(11)7-4-2-1-3-6(7)8/h1-5H/q-1. The number of nitrogens with zero attached hydrogens (tertiary/aromatic N) is 2. The summed E-state index contributed by atoms with van der Waals surface area (Å²) >= 11 is 0. The molecule has 0 unspecified atom stereocenters. The van der Waals surface area contributed by atoms with E-state index < -0.39 is 0 Å². The molecule has 0 aliphatic heterocycles. The monoisotopic (exact) mass is 149 g/mol. The van der Waals surface area contributed by atoms with Crippen LogP contribution in [0.5, 0.6) is 0 Å². The first-order valence-corrected chi connectivity index (χ1v) is 3.16. The molecule has 0 radical (unpaired) electrons. The third-order valence-corrected chi connectivity index (χ3v) is 1.57. The smallest absolute Gasteiger partial charge is 0.250 e. The van der Waals surface area contributed by atoms with Crippen LogP contribution >= 0.6 is 0 Å². The Labute approximate surface area is 62.5 Å². The number of imidazole rings is 1. The van der Waals surface area contributed by atoms with Gasteiger partial charge in [0.25, 0.3) is 6.33 Å². The van der Waals surface area contributed by atoms with E-state index in [9.17, 15) is 10.4 Å². The van der Waals surface area contributed by atoms with E-state index in [1.54, 1.807) is 24.3 Å². The van der Waals surface area contributed by atoms with E-state index in [1.807, 2.05) is 0 Å². The third-order valence-electron chi connectivity index (χ3n) is 1.57. The Kier molecular flexibility index (Phi) is 1.03. The number of hydrogen-bond acceptors (Lipinski definition) is 2. The molecular formula is C7H5N2O2-. The fourth-order valence-electron chi connectivity index (χ4n) is 1.06. The fourth-order valence-corrected chi connectivity index (χ4v) is 1.06. The van der Waals surface area contributed by atoms with Gasteiger partial charge in [-0.05, 0) is 12.1 Å². The predicted octanol–water partition coefficient (Wildman–Crippen LogP) is 0.621. The normalized spacial score (nSPS) is 10.5. The Bertz CT molecular complexity index is 358. The second kappa shape index (κ2) is 1.88. The fraction of sp³-hybridized carbons (Fsp3) is 0. The molecule has 2 aromatic rings. The minimum absolute atomic E-state index is 0.405. The molecule has 0 spiro atoms. The third kappa shape index (κ3) is 0.724. The van der Waals surface area contributed by atoms with Gasteiger partial charge in [-0.3, -0.25) is 0 Å². The Morgan fingerprint density at radius 3 is 2.73 bits per heavy atom. The van der Waals surface area contributed by atoms with Gasteiger partial charge in [-0.15, -0.1) is 0 Å². The van der Waals surface area contributed by atoms with Crippen LogP contribution in [0.3, 0.4) is 0 Å². The van der Waals surface area contributed by atoms with Crippen molar-refractivity contribution in [1.29, 1.82) is 0 Å². The number of aromatic nitrogens is 2. The van der Waals surface area contributed by atoms with Crippen LogP contribution in [-0.4, -0.2) is 4.73 Å². The van der Waals surface area contributed by atoms with Gasteiger partial charge in [0.15, 0.2) is 11.0 Å². The van der Waals surface area contributed by atoms with Crippen LogP contribution in [0.15, 0.2) is 30.6 Å². The second-order valence-corrected chi connectivity index (χ2v) is 2.26. The van der Waals surface area contributed by atoms with E-state index in [0.717, 1.165) is 6.33 Å². The minimum Gasteiger partial charge on any atom is -0.710 e. The summed E-state index contributed by atoms with van der Waals surface area (Å²) in [5.41, 5.74) is 0.810. The molecular weight excluding hydrogens is 144 g/mol. The zero-order valence-corrected chi connectivity index (χ0v) is 5.60. The molecule has 4 nitrogen and oxygen atoms in total. The number of fused-ring (bicyclic) bond motifs is 1. The first kappa shape index (κ1) is 6.03. The molecule has 0 bridgehead atoms. The van der Waals surface area contributed by atoms with Gasteiger partial charge >= 0.3 is 0 Å². The van der Waals surface area contributed by atoms with Gasteiger partial charge in [0.1, 0.15) is 0 Å². The van der Waals surface area contributed by atoms with Gasteiger partial charge in [0, 0.05) is 0 Å². The maximum Gasteiger partial charge on any atom is 0.250 e. The van der Waals surface area contributed by atoms with Crippen LogP contribution in [0, 0.1) is 10.4 Å². The van der Waals surface area contributed by atoms with Crippen LogP contribution in [0.4, 0.5) is 0 Å². The zero-order valence-electron chi connectivity index (χ0n) is 5.60. The van der Waals surface area contributed by atoms with Crippen LogP contribution in [-0.2, 0) is 0 Å². The molecule has 1 aromatic heterocycles. The lowest BCUT2D eigenvalue weighted by molar-refractivity contribution is -0.577. The maximum absolute atomic E-state index is 10.9. The molecule has 0 aliphatic rings. The summed E-state index contributed by atoms with van der Waals surface area (Å²) in [6, 6.07) is 6.65. The largest absolute Gasteiger partial charge is 0.710 e. The van der Waals surface area contributed by atoms with Gasteiger partial charge in [-0.2, -0.15) is 0 Å². The van der Waals surface area contributed by atoms with Crippen LogP contribution in [0.2, 0.25) is 0 Å². The number of para-hydroxylation sites is 2. The molecule has 11 heavy (non-hydrogen) atoms. The SMILES string of the molecule is [O-]n1c[n+]([O-])c2ccccc21. The highest BCUT2D eigenvalue weighted by Crippen LogP contribution is 2.07. The van der Waals surface area contributed by atoms with Gasteiger partial charge in [-0.1, -0.05) is 12.1 Å². The number of benzene rings is 1. The molecule has 0 fully saturated rings. The van der Waals surface area contributed by atoms with Crippen LogP contribution < -0.4 is 4.73 Å². The highest BCUT2D eigenvalue weighted by Gasteiger charge is 2.03. The summed E-state index contributed by atoms with van der Waals surface area (Å²) in [6.45, 7) is 0. The van der Waals surface area contributed by atoms with Crippen molar-refractivity contribution in [3.63, 3.8) is 0 Å². The summed E-state index contributed by atoms with van der Waals surface area (Å²) in [7, 11) is 0. The van der Waals surface area contributed by atoms with Gasteiger partial charge < -0.3 is 10.4 Å². The average molecular weight is 149 g/mol. The molecule has 1 aromatic carbocycles. The maximum atomic E-state index is 10.9. The van der Waals surface area contributed by atoms with Crippen molar-refractivity contribution in [2.75, 3.05) is 0 Å². The van der Waals surface area contributed by atoms with E-state index in [1.165, 1.54) is 0 Å². The van der Waals surface area contributed by atoms with Crippen LogP contribution in [0.1, 0.15) is 0 Å². The first-order chi connectivity index (χ1) is 5.29. The van der Waals surface area contributed by atoms with Gasteiger partial charge in [0.2, 0.25) is 0 Å². The summed E-state index contributed by atoms with van der Waals surface area (Å²) < 4.78 is 1.12. The Balaban J connectivity index is 2.95. The molecule has 4 heteroatoms. The van der Waals surface area contributed by atoms with E-state index in [-0.39, 0.29) is 0 Å². The Morgan fingerprint density at radius 2 is 2.00 bits per heavy atom. The molecule has 0 atom stereocenters. The molecule has 0 aliphatic carbocycles. The van der Waals surface area contributed by atoms with Gasteiger partial charge in [0.05, 0.1) is 0 Å². The molecule has 0 saturated heterocycles. The number of hydrogen-bond donors (Lipinski definition) is 0. The first-order valence-electron chi connectivity index (χ1n) is 3.16. The van der Waals surface area contributed by atoms with Crippen molar-refractivity contribution in [2.24, 2.45) is 0 Å². The van der Waals surface area contributed by atoms with Crippen molar-refractivity contribution >= 4 is 11.0 Å². The summed E-state index contributed by atoms with van der Waals surface area (Å²) in [5.74, 6) is 0. The van der Waals surface area contributed by atoms with E-state index in [4.69, 9.17) is 0 Å². The lowest BCUT2D eigenvalue weighted by Crippen LogP contribution is -2.22. The molecule has 56 valence electrons. The summed E-state index contributed by atoms with van der Waals surface area (Å²) in [5, 5.41) is 21.8. The Hall–Kier alpha value is -1.71. The van der Waals surface area contributed by atoms with Crippen molar-refractivity contribution in [1.82, 2.24) is 4.73 Å². The molecule has 0 N–H and O–H groups in total. The summed E-state index contributed by atoms with van der Waals surface area (Å²) in [6.07, 6.45) is 0.963. The van der Waals surface area contributed by atoms with E-state index >= 15 is 0 Å². The highest BCUT2D eigenvalue weighted by molar-refractivity contribution is 5.71. The van der Waals surface area contributed by atoms with E-state index in [0.29, 0.717) is 20.5 Å². The molecule has 0 amide bonds. The quantitative estimate of drug-likeness (QED) is 0.407. The summed E-state index contributed by atoms with van der Waals surface area (Å²) in [4.78, 5) is 0. The lowest BCUT2D eigenvalue weighted by Gasteiger charge is -1.93. The van der Waals surface area contributed by atoms with Crippen molar-refractivity contribution in [3.8, 4) is 0 Å². The van der Waals surface area contributed by atoms with Gasteiger partial charge in [-0.25, -0.2) is 9.46 Å². The second-order valence-electron chi connectivity index (χ2n) is 2.26. The minimum atomic E-state index is 0.405. The Morgan fingerprint density at radius 1 is 1.27 bits per heavy atom. The zero-order chi connectivity index (χ0) is 7.84. The highest BCUT2D eigenvalue weighted by atomic mass is 16.5.